The third kappa shape index (κ3) is 3.06. The van der Waals surface area contributed by atoms with Crippen molar-refractivity contribution in [1.29, 1.82) is 5.26 Å². The fraction of sp³-hybridized carbons (Fsp3) is 0.300. The SMILES string of the molecule is CN(C)C(C#N)c1ccccc1.Cl. The van der Waals surface area contributed by atoms with Gasteiger partial charge >= 0.3 is 0 Å². The predicted octanol–water partition coefficient (Wildman–Crippen LogP) is 2.23. The summed E-state index contributed by atoms with van der Waals surface area (Å²) in [6, 6.07) is 11.9. The quantitative estimate of drug-likeness (QED) is 0.726. The summed E-state index contributed by atoms with van der Waals surface area (Å²) in [5, 5.41) is 8.86. The molecule has 0 fully saturated rings. The van der Waals surface area contributed by atoms with Gasteiger partial charge in [0.15, 0.2) is 0 Å². The number of hydrogen-bond donors (Lipinski definition) is 0. The Bertz CT molecular complexity index is 277. The lowest BCUT2D eigenvalue weighted by Crippen LogP contribution is -2.17. The van der Waals surface area contributed by atoms with Gasteiger partial charge < -0.3 is 0 Å². The number of rotatable bonds is 2. The average molecular weight is 197 g/mol. The van der Waals surface area contributed by atoms with Crippen LogP contribution in [0.3, 0.4) is 0 Å². The molecule has 1 atom stereocenters. The molecular formula is C10H13ClN2. The molecule has 1 aromatic rings. The van der Waals surface area contributed by atoms with E-state index >= 15 is 0 Å². The molecule has 0 spiro atoms. The number of benzene rings is 1. The molecule has 0 N–H and O–H groups in total. The highest BCUT2D eigenvalue weighted by Gasteiger charge is 2.10. The van der Waals surface area contributed by atoms with Crippen LogP contribution in [0, 0.1) is 11.3 Å². The predicted molar refractivity (Wildman–Crippen MR) is 55.7 cm³/mol. The molecule has 0 heterocycles. The minimum atomic E-state index is -0.133. The molecule has 0 amide bonds. The van der Waals surface area contributed by atoms with Crippen molar-refractivity contribution < 1.29 is 0 Å². The van der Waals surface area contributed by atoms with Crippen LogP contribution in [0.15, 0.2) is 30.3 Å². The molecule has 0 saturated heterocycles. The Kier molecular flexibility index (Phi) is 5.13. The first kappa shape index (κ1) is 12.0. The molecule has 0 aliphatic heterocycles. The zero-order chi connectivity index (χ0) is 8.97. The number of nitrogens with zero attached hydrogens (tertiary/aromatic N) is 2. The fourth-order valence-corrected chi connectivity index (χ4v) is 1.12. The van der Waals surface area contributed by atoms with Crippen LogP contribution in [-0.2, 0) is 0 Å². The van der Waals surface area contributed by atoms with E-state index in [0.29, 0.717) is 0 Å². The number of halogens is 1. The average Bonchev–Trinajstić information content (AvgIpc) is 2.07. The standard InChI is InChI=1S/C10H12N2.ClH/c1-12(2)10(8-11)9-6-4-3-5-7-9;/h3-7,10H,1-2H3;1H. The van der Waals surface area contributed by atoms with Gasteiger partial charge in [-0.25, -0.2) is 0 Å². The number of hydrogen-bond acceptors (Lipinski definition) is 2. The van der Waals surface area contributed by atoms with E-state index in [4.69, 9.17) is 5.26 Å². The molecule has 1 aromatic carbocycles. The molecule has 0 saturated carbocycles. The third-order valence-electron chi connectivity index (χ3n) is 1.75. The van der Waals surface area contributed by atoms with E-state index in [9.17, 15) is 0 Å². The van der Waals surface area contributed by atoms with E-state index < -0.39 is 0 Å². The first-order chi connectivity index (χ1) is 5.75. The van der Waals surface area contributed by atoms with Crippen molar-refractivity contribution >= 4 is 12.4 Å². The van der Waals surface area contributed by atoms with Crippen molar-refractivity contribution in [2.24, 2.45) is 0 Å². The summed E-state index contributed by atoms with van der Waals surface area (Å²) in [6.07, 6.45) is 0. The fourth-order valence-electron chi connectivity index (χ4n) is 1.12. The molecule has 70 valence electrons. The molecule has 0 aromatic heterocycles. The smallest absolute Gasteiger partial charge is 0.123 e. The Morgan fingerprint density at radius 2 is 1.77 bits per heavy atom. The second-order valence-corrected chi connectivity index (χ2v) is 2.91. The molecule has 0 aliphatic rings. The van der Waals surface area contributed by atoms with Gasteiger partial charge in [0.05, 0.1) is 6.07 Å². The van der Waals surface area contributed by atoms with Crippen molar-refractivity contribution in [1.82, 2.24) is 4.90 Å². The van der Waals surface area contributed by atoms with Crippen molar-refractivity contribution in [2.75, 3.05) is 14.1 Å². The van der Waals surface area contributed by atoms with Crippen LogP contribution in [0.4, 0.5) is 0 Å². The highest BCUT2D eigenvalue weighted by Crippen LogP contribution is 2.15. The van der Waals surface area contributed by atoms with Crippen LogP contribution in [0.1, 0.15) is 11.6 Å². The topological polar surface area (TPSA) is 27.0 Å². The molecule has 13 heavy (non-hydrogen) atoms. The number of nitriles is 1. The highest BCUT2D eigenvalue weighted by atomic mass is 35.5. The third-order valence-corrected chi connectivity index (χ3v) is 1.75. The largest absolute Gasteiger partial charge is 0.291 e. The van der Waals surface area contributed by atoms with Crippen LogP contribution < -0.4 is 0 Å². The van der Waals surface area contributed by atoms with Crippen LogP contribution >= 0.6 is 12.4 Å². The zero-order valence-electron chi connectivity index (χ0n) is 7.77. The van der Waals surface area contributed by atoms with E-state index in [1.54, 1.807) is 0 Å². The molecule has 2 nitrogen and oxygen atoms in total. The first-order valence-electron chi connectivity index (χ1n) is 3.86. The Labute approximate surface area is 85.2 Å². The van der Waals surface area contributed by atoms with Crippen molar-refractivity contribution in [2.45, 2.75) is 6.04 Å². The van der Waals surface area contributed by atoms with Crippen molar-refractivity contribution in [3.63, 3.8) is 0 Å². The Morgan fingerprint density at radius 1 is 1.23 bits per heavy atom. The Balaban J connectivity index is 0.00000144. The summed E-state index contributed by atoms with van der Waals surface area (Å²) in [7, 11) is 3.81. The van der Waals surface area contributed by atoms with Gasteiger partial charge in [0.1, 0.15) is 6.04 Å². The molecule has 1 unspecified atom stereocenters. The molecule has 0 radical (unpaired) electrons. The van der Waals surface area contributed by atoms with Gasteiger partial charge in [-0.2, -0.15) is 5.26 Å². The lowest BCUT2D eigenvalue weighted by Gasteiger charge is -2.16. The highest BCUT2D eigenvalue weighted by molar-refractivity contribution is 5.85. The summed E-state index contributed by atoms with van der Waals surface area (Å²) in [5.74, 6) is 0. The summed E-state index contributed by atoms with van der Waals surface area (Å²) < 4.78 is 0. The van der Waals surface area contributed by atoms with Gasteiger partial charge in [-0.05, 0) is 19.7 Å². The van der Waals surface area contributed by atoms with Gasteiger partial charge in [-0.1, -0.05) is 30.3 Å². The zero-order valence-corrected chi connectivity index (χ0v) is 8.58. The van der Waals surface area contributed by atoms with Gasteiger partial charge in [0.2, 0.25) is 0 Å². The maximum atomic E-state index is 8.86. The molecule has 3 heteroatoms. The monoisotopic (exact) mass is 196 g/mol. The van der Waals surface area contributed by atoms with E-state index in [0.717, 1.165) is 5.56 Å². The van der Waals surface area contributed by atoms with E-state index in [-0.39, 0.29) is 18.4 Å². The summed E-state index contributed by atoms with van der Waals surface area (Å²) in [6.45, 7) is 0. The second kappa shape index (κ2) is 5.58. The molecular weight excluding hydrogens is 184 g/mol. The first-order valence-corrected chi connectivity index (χ1v) is 3.86. The van der Waals surface area contributed by atoms with Crippen molar-refractivity contribution in [3.8, 4) is 6.07 Å². The van der Waals surface area contributed by atoms with Crippen LogP contribution in [0.5, 0.6) is 0 Å². The normalized spacial score (nSPS) is 11.5. The Morgan fingerprint density at radius 3 is 2.15 bits per heavy atom. The second-order valence-electron chi connectivity index (χ2n) is 2.91. The summed E-state index contributed by atoms with van der Waals surface area (Å²) in [5.41, 5.74) is 1.05. The van der Waals surface area contributed by atoms with Crippen molar-refractivity contribution in [3.05, 3.63) is 35.9 Å². The summed E-state index contributed by atoms with van der Waals surface area (Å²) in [4.78, 5) is 1.90. The minimum absolute atomic E-state index is 0. The maximum absolute atomic E-state index is 8.86. The Hall–Kier alpha value is -1.04. The maximum Gasteiger partial charge on any atom is 0.123 e. The molecule has 0 aliphatic carbocycles. The van der Waals surface area contributed by atoms with Gasteiger partial charge in [0, 0.05) is 0 Å². The minimum Gasteiger partial charge on any atom is -0.291 e. The van der Waals surface area contributed by atoms with E-state index in [1.807, 2.05) is 49.3 Å². The molecule has 0 bridgehead atoms. The van der Waals surface area contributed by atoms with Gasteiger partial charge in [-0.15, -0.1) is 12.4 Å². The van der Waals surface area contributed by atoms with E-state index in [1.165, 1.54) is 0 Å². The summed E-state index contributed by atoms with van der Waals surface area (Å²) >= 11 is 0. The van der Waals surface area contributed by atoms with Gasteiger partial charge in [0.25, 0.3) is 0 Å². The lowest BCUT2D eigenvalue weighted by atomic mass is 10.1. The van der Waals surface area contributed by atoms with E-state index in [2.05, 4.69) is 6.07 Å². The lowest BCUT2D eigenvalue weighted by molar-refractivity contribution is 0.358. The van der Waals surface area contributed by atoms with Crippen LogP contribution in [0.25, 0.3) is 0 Å². The molecule has 1 rings (SSSR count). The van der Waals surface area contributed by atoms with Gasteiger partial charge in [-0.3, -0.25) is 4.90 Å². The van der Waals surface area contributed by atoms with Crippen LogP contribution in [-0.4, -0.2) is 19.0 Å². The van der Waals surface area contributed by atoms with Crippen LogP contribution in [0.2, 0.25) is 0 Å².